The number of carbonyl (C=O) groups excluding carboxylic acids is 1. The first-order chi connectivity index (χ1) is 13.9. The van der Waals surface area contributed by atoms with E-state index in [9.17, 15) is 23.7 Å². The van der Waals surface area contributed by atoms with Gasteiger partial charge in [0.25, 0.3) is 11.6 Å². The van der Waals surface area contributed by atoms with Crippen molar-refractivity contribution in [1.82, 2.24) is 20.1 Å². The number of nitro groups is 1. The van der Waals surface area contributed by atoms with Gasteiger partial charge in [0.1, 0.15) is 24.1 Å². The second-order valence-electron chi connectivity index (χ2n) is 5.83. The zero-order valence-corrected chi connectivity index (χ0v) is 14.9. The summed E-state index contributed by atoms with van der Waals surface area (Å²) in [5.41, 5.74) is 0.841. The van der Waals surface area contributed by atoms with Gasteiger partial charge in [0.15, 0.2) is 0 Å². The maximum absolute atomic E-state index is 12.3. The number of halogens is 2. The Bertz CT molecular complexity index is 994. The summed E-state index contributed by atoms with van der Waals surface area (Å²) in [5, 5.41) is 17.9. The standard InChI is InChI=1S/C18H15F2N5O4/c19-18(20)29-14-4-1-12(2-5-14)7-8-22-17(26)13-3-6-15(16(9-13)25(27)28)24-11-21-10-23-24/h1-6,9-11,18H,7-8H2,(H,22,26). The second-order valence-corrected chi connectivity index (χ2v) is 5.83. The summed E-state index contributed by atoms with van der Waals surface area (Å²) in [6.45, 7) is -2.63. The van der Waals surface area contributed by atoms with Gasteiger partial charge in [-0.05, 0) is 36.2 Å². The number of rotatable bonds is 8. The third-order valence-electron chi connectivity index (χ3n) is 3.95. The van der Waals surface area contributed by atoms with E-state index in [1.165, 1.54) is 47.7 Å². The molecule has 0 spiro atoms. The molecule has 1 N–H and O–H groups in total. The van der Waals surface area contributed by atoms with E-state index in [0.717, 1.165) is 5.56 Å². The molecule has 29 heavy (non-hydrogen) atoms. The van der Waals surface area contributed by atoms with Gasteiger partial charge in [0.05, 0.1) is 4.92 Å². The topological polar surface area (TPSA) is 112 Å². The molecule has 9 nitrogen and oxygen atoms in total. The van der Waals surface area contributed by atoms with Crippen LogP contribution < -0.4 is 10.1 Å². The van der Waals surface area contributed by atoms with Gasteiger partial charge in [0, 0.05) is 18.2 Å². The van der Waals surface area contributed by atoms with Crippen LogP contribution in [0.15, 0.2) is 55.1 Å². The zero-order valence-electron chi connectivity index (χ0n) is 14.9. The largest absolute Gasteiger partial charge is 0.435 e. The van der Waals surface area contributed by atoms with Crippen LogP contribution in [0.1, 0.15) is 15.9 Å². The van der Waals surface area contributed by atoms with Crippen molar-refractivity contribution >= 4 is 11.6 Å². The average Bonchev–Trinajstić information content (AvgIpc) is 3.23. The van der Waals surface area contributed by atoms with Gasteiger partial charge in [-0.15, -0.1) is 0 Å². The molecule has 0 unspecified atom stereocenters. The predicted molar refractivity (Wildman–Crippen MR) is 97.1 cm³/mol. The number of nitrogens with zero attached hydrogens (tertiary/aromatic N) is 4. The molecule has 3 rings (SSSR count). The van der Waals surface area contributed by atoms with Gasteiger partial charge in [-0.2, -0.15) is 13.9 Å². The highest BCUT2D eigenvalue weighted by Crippen LogP contribution is 2.23. The van der Waals surface area contributed by atoms with Crippen LogP contribution in [0.4, 0.5) is 14.5 Å². The monoisotopic (exact) mass is 403 g/mol. The van der Waals surface area contributed by atoms with Gasteiger partial charge in [-0.25, -0.2) is 9.67 Å². The van der Waals surface area contributed by atoms with E-state index in [-0.39, 0.29) is 29.2 Å². The van der Waals surface area contributed by atoms with Crippen LogP contribution >= 0.6 is 0 Å². The quantitative estimate of drug-likeness (QED) is 0.457. The molecule has 2 aromatic carbocycles. The number of carbonyl (C=O) groups is 1. The lowest BCUT2D eigenvalue weighted by Crippen LogP contribution is -2.25. The van der Waals surface area contributed by atoms with Crippen molar-refractivity contribution in [3.8, 4) is 11.4 Å². The van der Waals surface area contributed by atoms with Gasteiger partial charge in [-0.3, -0.25) is 14.9 Å². The van der Waals surface area contributed by atoms with Gasteiger partial charge in [0.2, 0.25) is 0 Å². The van der Waals surface area contributed by atoms with Crippen LogP contribution in [-0.2, 0) is 6.42 Å². The molecule has 1 amide bonds. The van der Waals surface area contributed by atoms with E-state index in [1.807, 2.05) is 0 Å². The molecule has 0 radical (unpaired) electrons. The van der Waals surface area contributed by atoms with Crippen LogP contribution in [0.5, 0.6) is 5.75 Å². The first kappa shape index (κ1) is 19.9. The molecule has 1 heterocycles. The third-order valence-corrected chi connectivity index (χ3v) is 3.95. The van der Waals surface area contributed by atoms with E-state index in [4.69, 9.17) is 0 Å². The molecule has 0 atom stereocenters. The maximum Gasteiger partial charge on any atom is 0.387 e. The summed E-state index contributed by atoms with van der Waals surface area (Å²) >= 11 is 0. The van der Waals surface area contributed by atoms with E-state index >= 15 is 0 Å². The minimum Gasteiger partial charge on any atom is -0.435 e. The van der Waals surface area contributed by atoms with E-state index in [2.05, 4.69) is 20.1 Å². The van der Waals surface area contributed by atoms with Gasteiger partial charge < -0.3 is 10.1 Å². The minimum atomic E-state index is -2.89. The summed E-state index contributed by atoms with van der Waals surface area (Å²) in [4.78, 5) is 26.8. The molecule has 0 saturated carbocycles. The van der Waals surface area contributed by atoms with E-state index in [0.29, 0.717) is 6.42 Å². The van der Waals surface area contributed by atoms with Crippen molar-refractivity contribution in [3.63, 3.8) is 0 Å². The van der Waals surface area contributed by atoms with Gasteiger partial charge in [-0.1, -0.05) is 12.1 Å². The number of amides is 1. The molecule has 0 fully saturated rings. The SMILES string of the molecule is O=C(NCCc1ccc(OC(F)F)cc1)c1ccc(-n2cncn2)c([N+](=O)[O-])c1. The average molecular weight is 403 g/mol. The Balaban J connectivity index is 1.62. The molecule has 11 heteroatoms. The smallest absolute Gasteiger partial charge is 0.387 e. The fourth-order valence-electron chi connectivity index (χ4n) is 2.60. The number of benzene rings is 2. The van der Waals surface area contributed by atoms with Crippen molar-refractivity contribution in [1.29, 1.82) is 0 Å². The summed E-state index contributed by atoms with van der Waals surface area (Å²) in [5.74, 6) is -0.427. The summed E-state index contributed by atoms with van der Waals surface area (Å²) in [6.07, 6.45) is 3.01. The predicted octanol–water partition coefficient (Wildman–Crippen LogP) is 2.75. The Labute approximate surface area is 163 Å². The molecule has 150 valence electrons. The lowest BCUT2D eigenvalue weighted by Gasteiger charge is -2.08. The Kier molecular flexibility index (Phi) is 6.07. The van der Waals surface area contributed by atoms with Crippen LogP contribution in [0.2, 0.25) is 0 Å². The number of alkyl halides is 2. The highest BCUT2D eigenvalue weighted by molar-refractivity contribution is 5.95. The fourth-order valence-corrected chi connectivity index (χ4v) is 2.60. The van der Waals surface area contributed by atoms with Crippen molar-refractivity contribution in [3.05, 3.63) is 76.4 Å². The molecule has 0 saturated heterocycles. The van der Waals surface area contributed by atoms with Crippen molar-refractivity contribution < 1.29 is 23.2 Å². The van der Waals surface area contributed by atoms with Crippen LogP contribution in [0.25, 0.3) is 5.69 Å². The lowest BCUT2D eigenvalue weighted by molar-refractivity contribution is -0.384. The van der Waals surface area contributed by atoms with Gasteiger partial charge >= 0.3 is 6.61 Å². The molecular formula is C18H15F2N5O4. The van der Waals surface area contributed by atoms with Crippen LogP contribution in [-0.4, -0.2) is 38.8 Å². The van der Waals surface area contributed by atoms with E-state index in [1.54, 1.807) is 12.1 Å². The molecule has 1 aromatic heterocycles. The summed E-state index contributed by atoms with van der Waals surface area (Å²) in [6, 6.07) is 10.1. The molecule has 0 bridgehead atoms. The zero-order chi connectivity index (χ0) is 20.8. The molecule has 3 aromatic rings. The van der Waals surface area contributed by atoms with Crippen molar-refractivity contribution in [2.45, 2.75) is 13.0 Å². The minimum absolute atomic E-state index is 0.0487. The van der Waals surface area contributed by atoms with E-state index < -0.39 is 17.4 Å². The number of aromatic nitrogens is 3. The highest BCUT2D eigenvalue weighted by atomic mass is 19.3. The number of hydrogen-bond donors (Lipinski definition) is 1. The fraction of sp³-hybridized carbons (Fsp3) is 0.167. The molecule has 0 aliphatic carbocycles. The summed E-state index contributed by atoms with van der Waals surface area (Å²) in [7, 11) is 0. The molecular weight excluding hydrogens is 388 g/mol. The molecule has 0 aliphatic rings. The third kappa shape index (κ3) is 5.09. The first-order valence-corrected chi connectivity index (χ1v) is 8.39. The first-order valence-electron chi connectivity index (χ1n) is 8.39. The van der Waals surface area contributed by atoms with Crippen molar-refractivity contribution in [2.75, 3.05) is 6.54 Å². The molecule has 0 aliphatic heterocycles. The number of nitro benzene ring substituents is 1. The Morgan fingerprint density at radius 2 is 2.00 bits per heavy atom. The number of ether oxygens (including phenoxy) is 1. The van der Waals surface area contributed by atoms with Crippen LogP contribution in [0.3, 0.4) is 0 Å². The number of nitrogens with one attached hydrogen (secondary N) is 1. The summed E-state index contributed by atoms with van der Waals surface area (Å²) < 4.78 is 29.8. The van der Waals surface area contributed by atoms with Crippen LogP contribution in [0, 0.1) is 10.1 Å². The highest BCUT2D eigenvalue weighted by Gasteiger charge is 2.19. The number of hydrogen-bond acceptors (Lipinski definition) is 6. The second kappa shape index (κ2) is 8.87. The lowest BCUT2D eigenvalue weighted by atomic mass is 10.1. The van der Waals surface area contributed by atoms with Crippen molar-refractivity contribution in [2.24, 2.45) is 0 Å². The normalized spacial score (nSPS) is 10.7. The Morgan fingerprint density at radius 3 is 2.62 bits per heavy atom. The Morgan fingerprint density at radius 1 is 1.24 bits per heavy atom. The Hall–Kier alpha value is -3.89. The maximum atomic E-state index is 12.3.